The van der Waals surface area contributed by atoms with Crippen molar-refractivity contribution >= 4 is 34.9 Å². The second-order valence-corrected chi connectivity index (χ2v) is 5.43. The third-order valence-electron chi connectivity index (χ3n) is 3.23. The number of amides is 1. The monoisotopic (exact) mass is 367 g/mol. The van der Waals surface area contributed by atoms with Crippen molar-refractivity contribution in [2.75, 3.05) is 5.32 Å². The molecule has 0 fully saturated rings. The minimum Gasteiger partial charge on any atom is -0.480 e. The van der Waals surface area contributed by atoms with Crippen LogP contribution in [0.15, 0.2) is 41.0 Å². The first kappa shape index (κ1) is 18.4. The minimum atomic E-state index is -1.22. The molecule has 1 amide bonds. The number of furan rings is 1. The van der Waals surface area contributed by atoms with Crippen molar-refractivity contribution in [2.45, 2.75) is 19.0 Å². The summed E-state index contributed by atoms with van der Waals surface area (Å²) in [5.41, 5.74) is -0.207. The van der Waals surface area contributed by atoms with Crippen LogP contribution >= 0.6 is 11.6 Å². The fourth-order valence-electron chi connectivity index (χ4n) is 1.99. The standard InChI is InChI=1S/C15H14ClN3O6/c16-11-4-3-9(19(23)24)6-12(11)18-14(20)7-13(15(21)22)17-8-10-2-1-5-25-10/h1-6,13,17H,7-8H2,(H,18,20)(H,21,22). The van der Waals surface area contributed by atoms with Gasteiger partial charge < -0.3 is 14.8 Å². The van der Waals surface area contributed by atoms with Crippen LogP contribution in [0.4, 0.5) is 11.4 Å². The molecule has 9 nitrogen and oxygen atoms in total. The number of hydrogen-bond donors (Lipinski definition) is 3. The number of halogens is 1. The number of rotatable bonds is 8. The molecule has 0 aliphatic carbocycles. The lowest BCUT2D eigenvalue weighted by molar-refractivity contribution is -0.384. The van der Waals surface area contributed by atoms with E-state index in [-0.39, 0.29) is 22.9 Å². The van der Waals surface area contributed by atoms with Gasteiger partial charge in [0, 0.05) is 12.1 Å². The summed E-state index contributed by atoms with van der Waals surface area (Å²) in [7, 11) is 0. The summed E-state index contributed by atoms with van der Waals surface area (Å²) >= 11 is 5.89. The molecule has 2 rings (SSSR count). The van der Waals surface area contributed by atoms with Crippen molar-refractivity contribution in [2.24, 2.45) is 0 Å². The number of carbonyl (C=O) groups excluding carboxylic acids is 1. The van der Waals surface area contributed by atoms with Gasteiger partial charge in [0.25, 0.3) is 5.69 Å². The van der Waals surface area contributed by atoms with Gasteiger partial charge >= 0.3 is 5.97 Å². The second-order valence-electron chi connectivity index (χ2n) is 5.02. The maximum atomic E-state index is 12.1. The van der Waals surface area contributed by atoms with Crippen molar-refractivity contribution in [3.8, 4) is 0 Å². The summed E-state index contributed by atoms with van der Waals surface area (Å²) in [6.45, 7) is 0.134. The molecule has 25 heavy (non-hydrogen) atoms. The molecule has 0 saturated carbocycles. The predicted molar refractivity (Wildman–Crippen MR) is 88.3 cm³/mol. The highest BCUT2D eigenvalue weighted by Gasteiger charge is 2.22. The van der Waals surface area contributed by atoms with E-state index < -0.39 is 29.3 Å². The molecule has 2 aromatic rings. The quantitative estimate of drug-likeness (QED) is 0.481. The molecule has 0 aliphatic rings. The topological polar surface area (TPSA) is 135 Å². The van der Waals surface area contributed by atoms with Crippen molar-refractivity contribution < 1.29 is 24.0 Å². The molecule has 0 saturated heterocycles. The number of aliphatic carboxylic acids is 1. The zero-order valence-corrected chi connectivity index (χ0v) is 13.5. The fraction of sp³-hybridized carbons (Fsp3) is 0.200. The number of nitro benzene ring substituents is 1. The second kappa shape index (κ2) is 8.27. The highest BCUT2D eigenvalue weighted by atomic mass is 35.5. The molecule has 10 heteroatoms. The Morgan fingerprint density at radius 2 is 2.12 bits per heavy atom. The summed E-state index contributed by atoms with van der Waals surface area (Å²) in [5, 5.41) is 25.1. The third kappa shape index (κ3) is 5.30. The summed E-state index contributed by atoms with van der Waals surface area (Å²) in [6.07, 6.45) is 1.05. The van der Waals surface area contributed by atoms with Crippen LogP contribution in [0.2, 0.25) is 5.02 Å². The van der Waals surface area contributed by atoms with Gasteiger partial charge in [-0.15, -0.1) is 0 Å². The van der Waals surface area contributed by atoms with E-state index in [1.807, 2.05) is 0 Å². The summed E-state index contributed by atoms with van der Waals surface area (Å²) in [5.74, 6) is -1.35. The Hall–Kier alpha value is -2.91. The van der Waals surface area contributed by atoms with Crippen molar-refractivity contribution in [1.82, 2.24) is 5.32 Å². The molecule has 1 atom stereocenters. The Balaban J connectivity index is 2.00. The van der Waals surface area contributed by atoms with Crippen molar-refractivity contribution in [3.05, 3.63) is 57.5 Å². The summed E-state index contributed by atoms with van der Waals surface area (Å²) in [6, 6.07) is 5.73. The molecular formula is C15H14ClN3O6. The third-order valence-corrected chi connectivity index (χ3v) is 3.55. The van der Waals surface area contributed by atoms with Crippen LogP contribution in [0.25, 0.3) is 0 Å². The normalized spacial score (nSPS) is 11.7. The number of non-ortho nitro benzene ring substituents is 1. The van der Waals surface area contributed by atoms with E-state index >= 15 is 0 Å². The van der Waals surface area contributed by atoms with E-state index in [0.717, 1.165) is 6.07 Å². The lowest BCUT2D eigenvalue weighted by Gasteiger charge is -2.14. The van der Waals surface area contributed by atoms with E-state index in [0.29, 0.717) is 5.76 Å². The van der Waals surface area contributed by atoms with Crippen molar-refractivity contribution in [1.29, 1.82) is 0 Å². The van der Waals surface area contributed by atoms with Gasteiger partial charge in [-0.3, -0.25) is 25.0 Å². The average molecular weight is 368 g/mol. The molecule has 1 aromatic heterocycles. The van der Waals surface area contributed by atoms with Crippen molar-refractivity contribution in [3.63, 3.8) is 0 Å². The Kier molecular flexibility index (Phi) is 6.09. The number of carboxylic acids is 1. The van der Waals surface area contributed by atoms with Crippen LogP contribution in [0, 0.1) is 10.1 Å². The number of nitrogens with one attached hydrogen (secondary N) is 2. The Bertz CT molecular complexity index is 778. The number of nitro groups is 1. The van der Waals surface area contributed by atoms with Crippen LogP contribution < -0.4 is 10.6 Å². The van der Waals surface area contributed by atoms with Gasteiger partial charge in [0.05, 0.1) is 34.9 Å². The number of benzene rings is 1. The molecule has 0 radical (unpaired) electrons. The van der Waals surface area contributed by atoms with E-state index in [1.165, 1.54) is 18.4 Å². The Morgan fingerprint density at radius 3 is 2.72 bits per heavy atom. The van der Waals surface area contributed by atoms with Gasteiger partial charge in [0.1, 0.15) is 11.8 Å². The lowest BCUT2D eigenvalue weighted by Crippen LogP contribution is -2.39. The van der Waals surface area contributed by atoms with Gasteiger partial charge in [-0.25, -0.2) is 0 Å². The number of hydrogen-bond acceptors (Lipinski definition) is 6. The van der Waals surface area contributed by atoms with Gasteiger partial charge in [-0.05, 0) is 18.2 Å². The van der Waals surface area contributed by atoms with E-state index in [2.05, 4.69) is 10.6 Å². The van der Waals surface area contributed by atoms with Gasteiger partial charge in [0.15, 0.2) is 0 Å². The largest absolute Gasteiger partial charge is 0.480 e. The predicted octanol–water partition coefficient (Wildman–Crippen LogP) is 2.41. The number of anilines is 1. The summed E-state index contributed by atoms with van der Waals surface area (Å²) in [4.78, 5) is 33.5. The number of carbonyl (C=O) groups is 2. The first-order valence-electron chi connectivity index (χ1n) is 7.09. The Labute approximate surface area is 146 Å². The maximum Gasteiger partial charge on any atom is 0.321 e. The van der Waals surface area contributed by atoms with E-state index in [1.54, 1.807) is 12.1 Å². The van der Waals surface area contributed by atoms with E-state index in [9.17, 15) is 24.8 Å². The Morgan fingerprint density at radius 1 is 1.36 bits per heavy atom. The number of carboxylic acid groups (broad SMARTS) is 1. The minimum absolute atomic E-state index is 0.0380. The smallest absolute Gasteiger partial charge is 0.321 e. The highest BCUT2D eigenvalue weighted by molar-refractivity contribution is 6.33. The lowest BCUT2D eigenvalue weighted by atomic mass is 10.2. The molecule has 132 valence electrons. The fourth-order valence-corrected chi connectivity index (χ4v) is 2.16. The SMILES string of the molecule is O=C(CC(NCc1ccco1)C(=O)O)Nc1cc([N+](=O)[O-])ccc1Cl. The molecular weight excluding hydrogens is 354 g/mol. The first-order valence-corrected chi connectivity index (χ1v) is 7.47. The zero-order valence-electron chi connectivity index (χ0n) is 12.8. The average Bonchev–Trinajstić information content (AvgIpc) is 3.06. The molecule has 3 N–H and O–H groups in total. The molecule has 1 heterocycles. The molecule has 0 bridgehead atoms. The van der Waals surface area contributed by atoms with Crippen LogP contribution in [0.3, 0.4) is 0 Å². The molecule has 0 spiro atoms. The maximum absolute atomic E-state index is 12.1. The molecule has 1 unspecified atom stereocenters. The van der Waals surface area contributed by atoms with Crippen LogP contribution in [-0.2, 0) is 16.1 Å². The van der Waals surface area contributed by atoms with Gasteiger partial charge in [-0.1, -0.05) is 11.6 Å². The molecule has 0 aliphatic heterocycles. The molecule has 1 aromatic carbocycles. The first-order chi connectivity index (χ1) is 11.9. The summed E-state index contributed by atoms with van der Waals surface area (Å²) < 4.78 is 5.08. The van der Waals surface area contributed by atoms with Gasteiger partial charge in [0.2, 0.25) is 5.91 Å². The van der Waals surface area contributed by atoms with E-state index in [4.69, 9.17) is 16.0 Å². The zero-order chi connectivity index (χ0) is 18.4. The van der Waals surface area contributed by atoms with Crippen LogP contribution in [0.5, 0.6) is 0 Å². The number of nitrogens with zero attached hydrogens (tertiary/aromatic N) is 1. The van der Waals surface area contributed by atoms with Crippen LogP contribution in [-0.4, -0.2) is 27.9 Å². The highest BCUT2D eigenvalue weighted by Crippen LogP contribution is 2.26. The van der Waals surface area contributed by atoms with Crippen LogP contribution in [0.1, 0.15) is 12.2 Å². The van der Waals surface area contributed by atoms with Gasteiger partial charge in [-0.2, -0.15) is 0 Å².